The molecular weight excluding hydrogens is 150 g/mol. The smallest absolute Gasteiger partial charge is 0.0643 e. The van der Waals surface area contributed by atoms with Gasteiger partial charge in [0.2, 0.25) is 0 Å². The molecule has 1 heterocycles. The Morgan fingerprint density at radius 3 is 2.42 bits per heavy atom. The maximum Gasteiger partial charge on any atom is 0.0643 e. The number of nitrogens with one attached hydrogen (secondary N) is 1. The molecule has 1 N–H and O–H groups in total. The summed E-state index contributed by atoms with van der Waals surface area (Å²) in [6.07, 6.45) is 1.29. The van der Waals surface area contributed by atoms with E-state index in [0.717, 1.165) is 31.6 Å². The monoisotopic (exact) mass is 171 g/mol. The number of hydrogen-bond donors (Lipinski definition) is 1. The molecule has 12 heavy (non-hydrogen) atoms. The summed E-state index contributed by atoms with van der Waals surface area (Å²) in [5, 5.41) is 3.48. The largest absolute Gasteiger partial charge is 0.378 e. The third kappa shape index (κ3) is 3.11. The SMILES string of the molecule is CC(C)[C@H](C)CCNC1COC1. The van der Waals surface area contributed by atoms with Crippen molar-refractivity contribution in [1.82, 2.24) is 5.32 Å². The average Bonchev–Trinajstić information content (AvgIpc) is 1.93. The Hall–Kier alpha value is -0.0800. The summed E-state index contributed by atoms with van der Waals surface area (Å²) in [7, 11) is 0. The van der Waals surface area contributed by atoms with Gasteiger partial charge >= 0.3 is 0 Å². The van der Waals surface area contributed by atoms with Crippen LogP contribution in [0.3, 0.4) is 0 Å². The van der Waals surface area contributed by atoms with E-state index in [0.29, 0.717) is 6.04 Å². The molecule has 1 atom stereocenters. The van der Waals surface area contributed by atoms with Gasteiger partial charge in [0.05, 0.1) is 19.3 Å². The van der Waals surface area contributed by atoms with Crippen molar-refractivity contribution < 1.29 is 4.74 Å². The molecule has 2 nitrogen and oxygen atoms in total. The van der Waals surface area contributed by atoms with E-state index in [9.17, 15) is 0 Å². The third-order valence-corrected chi connectivity index (χ3v) is 2.81. The number of ether oxygens (including phenoxy) is 1. The first-order chi connectivity index (χ1) is 5.70. The molecule has 72 valence electrons. The Kier molecular flexibility index (Phi) is 4.02. The molecule has 0 aromatic carbocycles. The van der Waals surface area contributed by atoms with E-state index in [1.165, 1.54) is 6.42 Å². The van der Waals surface area contributed by atoms with Gasteiger partial charge in [-0.05, 0) is 24.8 Å². The fourth-order valence-corrected chi connectivity index (χ4v) is 1.20. The van der Waals surface area contributed by atoms with Gasteiger partial charge in [-0.15, -0.1) is 0 Å². The minimum atomic E-state index is 0.643. The van der Waals surface area contributed by atoms with Crippen molar-refractivity contribution in [2.24, 2.45) is 11.8 Å². The van der Waals surface area contributed by atoms with E-state index in [4.69, 9.17) is 4.74 Å². The van der Waals surface area contributed by atoms with Gasteiger partial charge in [0.1, 0.15) is 0 Å². The Balaban J connectivity index is 1.93. The zero-order valence-electron chi connectivity index (χ0n) is 8.47. The van der Waals surface area contributed by atoms with Crippen LogP contribution in [0.4, 0.5) is 0 Å². The van der Waals surface area contributed by atoms with E-state index in [2.05, 4.69) is 26.1 Å². The van der Waals surface area contributed by atoms with Crippen molar-refractivity contribution in [3.05, 3.63) is 0 Å². The van der Waals surface area contributed by atoms with E-state index in [1.807, 2.05) is 0 Å². The van der Waals surface area contributed by atoms with Gasteiger partial charge in [0, 0.05) is 0 Å². The molecule has 1 rings (SSSR count). The topological polar surface area (TPSA) is 21.3 Å². The zero-order valence-corrected chi connectivity index (χ0v) is 8.47. The summed E-state index contributed by atoms with van der Waals surface area (Å²) in [5.41, 5.74) is 0. The minimum Gasteiger partial charge on any atom is -0.378 e. The second-order valence-corrected chi connectivity index (χ2v) is 4.20. The van der Waals surface area contributed by atoms with Crippen LogP contribution >= 0.6 is 0 Å². The van der Waals surface area contributed by atoms with E-state index in [-0.39, 0.29) is 0 Å². The molecule has 1 aliphatic rings. The summed E-state index contributed by atoms with van der Waals surface area (Å²) >= 11 is 0. The molecule has 0 aliphatic carbocycles. The molecule has 0 unspecified atom stereocenters. The Morgan fingerprint density at radius 2 is 2.00 bits per heavy atom. The van der Waals surface area contributed by atoms with Crippen LogP contribution in [0, 0.1) is 11.8 Å². The van der Waals surface area contributed by atoms with Crippen LogP contribution in [0.2, 0.25) is 0 Å². The fraction of sp³-hybridized carbons (Fsp3) is 1.00. The van der Waals surface area contributed by atoms with E-state index >= 15 is 0 Å². The number of rotatable bonds is 5. The van der Waals surface area contributed by atoms with Gasteiger partial charge in [0.25, 0.3) is 0 Å². The highest BCUT2D eigenvalue weighted by molar-refractivity contribution is 4.73. The predicted molar refractivity (Wildman–Crippen MR) is 51.2 cm³/mol. The standard InChI is InChI=1S/C10H21NO/c1-8(2)9(3)4-5-11-10-6-12-7-10/h8-11H,4-7H2,1-3H3/t9-/m1/s1. The first-order valence-electron chi connectivity index (χ1n) is 5.01. The molecule has 0 aromatic rings. The molecule has 1 saturated heterocycles. The van der Waals surface area contributed by atoms with E-state index in [1.54, 1.807) is 0 Å². The van der Waals surface area contributed by atoms with Gasteiger partial charge in [-0.25, -0.2) is 0 Å². The predicted octanol–water partition coefficient (Wildman–Crippen LogP) is 1.66. The zero-order chi connectivity index (χ0) is 8.97. The third-order valence-electron chi connectivity index (χ3n) is 2.81. The summed E-state index contributed by atoms with van der Waals surface area (Å²) in [6.45, 7) is 9.87. The van der Waals surface area contributed by atoms with Crippen LogP contribution in [0.15, 0.2) is 0 Å². The molecule has 1 fully saturated rings. The molecule has 1 aliphatic heterocycles. The molecule has 0 amide bonds. The highest BCUT2D eigenvalue weighted by atomic mass is 16.5. The first kappa shape index (κ1) is 10.0. The Morgan fingerprint density at radius 1 is 1.33 bits per heavy atom. The molecule has 0 aromatic heterocycles. The van der Waals surface area contributed by atoms with Crippen molar-refractivity contribution in [2.75, 3.05) is 19.8 Å². The quantitative estimate of drug-likeness (QED) is 0.679. The fourth-order valence-electron chi connectivity index (χ4n) is 1.20. The second kappa shape index (κ2) is 4.83. The van der Waals surface area contributed by atoms with Gasteiger partial charge in [-0.3, -0.25) is 0 Å². The normalized spacial score (nSPS) is 21.0. The molecule has 2 heteroatoms. The van der Waals surface area contributed by atoms with Crippen LogP contribution in [0.1, 0.15) is 27.2 Å². The molecule has 0 radical (unpaired) electrons. The molecule has 0 bridgehead atoms. The van der Waals surface area contributed by atoms with Gasteiger partial charge < -0.3 is 10.1 Å². The lowest BCUT2D eigenvalue weighted by Crippen LogP contribution is -2.46. The Bertz CT molecular complexity index is 121. The van der Waals surface area contributed by atoms with Gasteiger partial charge in [0.15, 0.2) is 0 Å². The van der Waals surface area contributed by atoms with Crippen molar-refractivity contribution >= 4 is 0 Å². The first-order valence-corrected chi connectivity index (χ1v) is 5.01. The Labute approximate surface area is 75.7 Å². The van der Waals surface area contributed by atoms with Crippen LogP contribution in [-0.4, -0.2) is 25.8 Å². The van der Waals surface area contributed by atoms with Gasteiger partial charge in [-0.2, -0.15) is 0 Å². The van der Waals surface area contributed by atoms with Crippen LogP contribution < -0.4 is 5.32 Å². The van der Waals surface area contributed by atoms with Crippen molar-refractivity contribution in [2.45, 2.75) is 33.2 Å². The van der Waals surface area contributed by atoms with Crippen molar-refractivity contribution in [3.63, 3.8) is 0 Å². The van der Waals surface area contributed by atoms with Crippen molar-refractivity contribution in [3.8, 4) is 0 Å². The lowest BCUT2D eigenvalue weighted by molar-refractivity contribution is -0.00545. The minimum absolute atomic E-state index is 0.643. The van der Waals surface area contributed by atoms with Crippen LogP contribution in [0.5, 0.6) is 0 Å². The van der Waals surface area contributed by atoms with Gasteiger partial charge in [-0.1, -0.05) is 20.8 Å². The van der Waals surface area contributed by atoms with Crippen LogP contribution in [0.25, 0.3) is 0 Å². The summed E-state index contributed by atoms with van der Waals surface area (Å²) in [6, 6.07) is 0.643. The number of hydrogen-bond acceptors (Lipinski definition) is 2. The summed E-state index contributed by atoms with van der Waals surface area (Å²) in [5.74, 6) is 1.64. The second-order valence-electron chi connectivity index (χ2n) is 4.20. The van der Waals surface area contributed by atoms with E-state index < -0.39 is 0 Å². The maximum atomic E-state index is 5.08. The van der Waals surface area contributed by atoms with Crippen molar-refractivity contribution in [1.29, 1.82) is 0 Å². The maximum absolute atomic E-state index is 5.08. The lowest BCUT2D eigenvalue weighted by atomic mass is 9.95. The summed E-state index contributed by atoms with van der Waals surface area (Å²) in [4.78, 5) is 0. The highest BCUT2D eigenvalue weighted by Gasteiger charge is 2.17. The van der Waals surface area contributed by atoms with Crippen LogP contribution in [-0.2, 0) is 4.74 Å². The lowest BCUT2D eigenvalue weighted by Gasteiger charge is -2.27. The highest BCUT2D eigenvalue weighted by Crippen LogP contribution is 2.13. The molecule has 0 saturated carbocycles. The molecular formula is C10H21NO. The molecule has 0 spiro atoms. The average molecular weight is 171 g/mol. The summed E-state index contributed by atoms with van der Waals surface area (Å²) < 4.78 is 5.08.